The van der Waals surface area contributed by atoms with Gasteiger partial charge in [-0.1, -0.05) is 13.3 Å². The first-order valence-corrected chi connectivity index (χ1v) is 8.98. The molecule has 0 aromatic heterocycles. The van der Waals surface area contributed by atoms with Crippen molar-refractivity contribution in [3.8, 4) is 11.5 Å². The van der Waals surface area contributed by atoms with Crippen LogP contribution in [0.1, 0.15) is 32.3 Å². The first-order chi connectivity index (χ1) is 11.1. The number of rotatable bonds is 8. The second-order valence-corrected chi connectivity index (χ2v) is 7.30. The summed E-state index contributed by atoms with van der Waals surface area (Å²) in [5.74, 6) is 0.0861. The first kappa shape index (κ1) is 20.2. The summed E-state index contributed by atoms with van der Waals surface area (Å²) in [5, 5.41) is 0. The summed E-state index contributed by atoms with van der Waals surface area (Å²) in [6.07, 6.45) is 0.921. The Labute approximate surface area is 143 Å². The minimum atomic E-state index is -3.97. The van der Waals surface area contributed by atoms with Crippen molar-refractivity contribution >= 4 is 16.0 Å². The van der Waals surface area contributed by atoms with Crippen LogP contribution in [0.4, 0.5) is 0 Å². The normalized spacial score (nSPS) is 13.9. The number of ether oxygens (including phenoxy) is 3. The highest BCUT2D eigenvalue weighted by Crippen LogP contribution is 2.33. The van der Waals surface area contributed by atoms with Crippen LogP contribution in [0.2, 0.25) is 0 Å². The molecule has 0 saturated heterocycles. The molecule has 0 aliphatic carbocycles. The highest BCUT2D eigenvalue weighted by molar-refractivity contribution is 7.89. The minimum Gasteiger partial charge on any atom is -0.493 e. The molecular formula is C16H25NO6S. The van der Waals surface area contributed by atoms with E-state index in [1.807, 2.05) is 6.92 Å². The van der Waals surface area contributed by atoms with Crippen molar-refractivity contribution in [3.63, 3.8) is 0 Å². The van der Waals surface area contributed by atoms with E-state index in [1.54, 1.807) is 13.0 Å². The van der Waals surface area contributed by atoms with Gasteiger partial charge in [0.25, 0.3) is 0 Å². The lowest BCUT2D eigenvalue weighted by molar-refractivity contribution is -0.147. The van der Waals surface area contributed by atoms with Crippen LogP contribution in [0.25, 0.3) is 0 Å². The van der Waals surface area contributed by atoms with E-state index in [0.29, 0.717) is 29.9 Å². The van der Waals surface area contributed by atoms with E-state index in [0.717, 1.165) is 0 Å². The molecule has 0 fully saturated rings. The lowest BCUT2D eigenvalue weighted by Crippen LogP contribution is -2.52. The van der Waals surface area contributed by atoms with Crippen LogP contribution in [0.5, 0.6) is 11.5 Å². The van der Waals surface area contributed by atoms with E-state index in [2.05, 4.69) is 4.72 Å². The van der Waals surface area contributed by atoms with E-state index in [9.17, 15) is 13.2 Å². The molecule has 0 spiro atoms. The maximum Gasteiger partial charge on any atom is 0.326 e. The monoisotopic (exact) mass is 359 g/mol. The molecule has 24 heavy (non-hydrogen) atoms. The number of benzene rings is 1. The second kappa shape index (κ2) is 7.85. The highest BCUT2D eigenvalue weighted by atomic mass is 32.2. The molecule has 8 heteroatoms. The third-order valence-corrected chi connectivity index (χ3v) is 5.45. The molecule has 0 bridgehead atoms. The van der Waals surface area contributed by atoms with Gasteiger partial charge in [0.05, 0.1) is 26.2 Å². The van der Waals surface area contributed by atoms with E-state index in [-0.39, 0.29) is 4.90 Å². The van der Waals surface area contributed by atoms with Crippen LogP contribution in [0.3, 0.4) is 0 Å². The van der Waals surface area contributed by atoms with Gasteiger partial charge in [0.1, 0.15) is 5.54 Å². The molecule has 0 aliphatic rings. The number of carbonyl (C=O) groups excluding carboxylic acids is 1. The molecule has 1 aromatic rings. The largest absolute Gasteiger partial charge is 0.493 e. The van der Waals surface area contributed by atoms with Gasteiger partial charge in [0.15, 0.2) is 11.5 Å². The van der Waals surface area contributed by atoms with Gasteiger partial charge < -0.3 is 14.2 Å². The maximum absolute atomic E-state index is 12.8. The molecule has 0 aliphatic heterocycles. The lowest BCUT2D eigenvalue weighted by atomic mass is 9.98. The molecule has 7 nitrogen and oxygen atoms in total. The molecule has 1 aromatic carbocycles. The fraction of sp³-hybridized carbons (Fsp3) is 0.562. The number of carbonyl (C=O) groups is 1. The fourth-order valence-electron chi connectivity index (χ4n) is 2.52. The number of sulfonamides is 1. The Kier molecular flexibility index (Phi) is 6.62. The van der Waals surface area contributed by atoms with Gasteiger partial charge in [0.2, 0.25) is 10.0 Å². The van der Waals surface area contributed by atoms with Crippen LogP contribution in [0, 0.1) is 6.92 Å². The SMILES string of the molecule is CCC[C@](C)(NS(=O)(=O)c1cc(OC)c(OC)cc1C)C(=O)OC. The topological polar surface area (TPSA) is 90.9 Å². The summed E-state index contributed by atoms with van der Waals surface area (Å²) in [7, 11) is 0.153. The molecule has 1 N–H and O–H groups in total. The molecule has 0 amide bonds. The van der Waals surface area contributed by atoms with Crippen molar-refractivity contribution < 1.29 is 27.4 Å². The van der Waals surface area contributed by atoms with Gasteiger partial charge >= 0.3 is 5.97 Å². The minimum absolute atomic E-state index is 0.0198. The summed E-state index contributed by atoms with van der Waals surface area (Å²) >= 11 is 0. The van der Waals surface area contributed by atoms with Crippen molar-refractivity contribution in [3.05, 3.63) is 17.7 Å². The predicted molar refractivity (Wildman–Crippen MR) is 89.9 cm³/mol. The van der Waals surface area contributed by atoms with Crippen LogP contribution in [0.15, 0.2) is 17.0 Å². The van der Waals surface area contributed by atoms with Gasteiger partial charge in [-0.25, -0.2) is 8.42 Å². The van der Waals surface area contributed by atoms with E-state index in [4.69, 9.17) is 14.2 Å². The van der Waals surface area contributed by atoms with E-state index < -0.39 is 21.5 Å². The standard InChI is InChI=1S/C16H25NO6S/c1-7-8-16(3,15(18)23-6)17-24(19,20)14-10-13(22-5)12(21-4)9-11(14)2/h9-10,17H,7-8H2,1-6H3/t16-/m0/s1. The highest BCUT2D eigenvalue weighted by Gasteiger charge is 2.38. The average molecular weight is 359 g/mol. The Morgan fingerprint density at radius 2 is 1.71 bits per heavy atom. The number of hydrogen-bond acceptors (Lipinski definition) is 6. The van der Waals surface area contributed by atoms with Gasteiger partial charge in [-0.2, -0.15) is 4.72 Å². The van der Waals surface area contributed by atoms with Crippen molar-refractivity contribution in [1.82, 2.24) is 4.72 Å². The molecule has 1 atom stereocenters. The number of nitrogens with one attached hydrogen (secondary N) is 1. The van der Waals surface area contributed by atoms with Crippen molar-refractivity contribution in [2.75, 3.05) is 21.3 Å². The number of esters is 1. The van der Waals surface area contributed by atoms with Crippen LogP contribution in [-0.4, -0.2) is 41.3 Å². The Morgan fingerprint density at radius 1 is 1.17 bits per heavy atom. The zero-order chi connectivity index (χ0) is 18.5. The Bertz CT molecular complexity index is 701. The Morgan fingerprint density at radius 3 is 2.17 bits per heavy atom. The summed E-state index contributed by atoms with van der Waals surface area (Å²) < 4.78 is 43.2. The Balaban J connectivity index is 3.36. The van der Waals surface area contributed by atoms with Crippen molar-refractivity contribution in [2.24, 2.45) is 0 Å². The zero-order valence-corrected chi connectivity index (χ0v) is 15.7. The Hall–Kier alpha value is -1.80. The van der Waals surface area contributed by atoms with E-state index >= 15 is 0 Å². The maximum atomic E-state index is 12.8. The fourth-order valence-corrected chi connectivity index (χ4v) is 4.16. The summed E-state index contributed by atoms with van der Waals surface area (Å²) in [5.41, 5.74) is -0.870. The summed E-state index contributed by atoms with van der Waals surface area (Å²) in [6, 6.07) is 2.95. The van der Waals surface area contributed by atoms with Gasteiger partial charge in [-0.05, 0) is 31.9 Å². The summed E-state index contributed by atoms with van der Waals surface area (Å²) in [6.45, 7) is 5.01. The third-order valence-electron chi connectivity index (χ3n) is 3.72. The molecule has 0 heterocycles. The summed E-state index contributed by atoms with van der Waals surface area (Å²) in [4.78, 5) is 12.1. The van der Waals surface area contributed by atoms with Crippen LogP contribution in [-0.2, 0) is 19.6 Å². The average Bonchev–Trinajstić information content (AvgIpc) is 2.52. The number of aryl methyl sites for hydroxylation is 1. The predicted octanol–water partition coefficient (Wildman–Crippen LogP) is 2.02. The van der Waals surface area contributed by atoms with Gasteiger partial charge in [-0.3, -0.25) is 4.79 Å². The molecule has 136 valence electrons. The first-order valence-electron chi connectivity index (χ1n) is 7.50. The molecule has 0 radical (unpaired) electrons. The second-order valence-electron chi connectivity index (χ2n) is 5.65. The van der Waals surface area contributed by atoms with Crippen molar-refractivity contribution in [2.45, 2.75) is 44.0 Å². The van der Waals surface area contributed by atoms with Gasteiger partial charge in [0, 0.05) is 6.07 Å². The number of methoxy groups -OCH3 is 3. The molecule has 0 saturated carbocycles. The van der Waals surface area contributed by atoms with Gasteiger partial charge in [-0.15, -0.1) is 0 Å². The smallest absolute Gasteiger partial charge is 0.326 e. The number of hydrogen-bond donors (Lipinski definition) is 1. The molecule has 0 unspecified atom stereocenters. The quantitative estimate of drug-likeness (QED) is 0.714. The zero-order valence-electron chi connectivity index (χ0n) is 14.9. The molecule has 1 rings (SSSR count). The van der Waals surface area contributed by atoms with Crippen molar-refractivity contribution in [1.29, 1.82) is 0 Å². The molecular weight excluding hydrogens is 334 g/mol. The lowest BCUT2D eigenvalue weighted by Gasteiger charge is -2.27. The van der Waals surface area contributed by atoms with Crippen LogP contribution < -0.4 is 14.2 Å². The van der Waals surface area contributed by atoms with Crippen LogP contribution >= 0.6 is 0 Å². The third kappa shape index (κ3) is 4.18. The van der Waals surface area contributed by atoms with E-state index in [1.165, 1.54) is 34.3 Å².